The minimum absolute atomic E-state index is 0.0202. The van der Waals surface area contributed by atoms with E-state index in [0.29, 0.717) is 6.42 Å². The Morgan fingerprint density at radius 2 is 1.03 bits per heavy atom. The molecule has 0 N–H and O–H groups in total. The first-order valence-electron chi connectivity index (χ1n) is 13.0. The molecule has 0 spiro atoms. The summed E-state index contributed by atoms with van der Waals surface area (Å²) in [6.07, 6.45) is 9.13. The van der Waals surface area contributed by atoms with E-state index in [-0.39, 0.29) is 12.2 Å². The van der Waals surface area contributed by atoms with Gasteiger partial charge in [-0.2, -0.15) is 0 Å². The number of ketones is 1. The summed E-state index contributed by atoms with van der Waals surface area (Å²) in [4.78, 5) is 22.9. The number of Topliss-reactive ketones (excluding diaryl/α,β-unsaturated/α-hetero) is 1. The topological polar surface area (TPSA) is 43.4 Å². The van der Waals surface area contributed by atoms with Crippen LogP contribution >= 0.6 is 20.8 Å². The van der Waals surface area contributed by atoms with Crippen LogP contribution in [0.3, 0.4) is 0 Å². The van der Waals surface area contributed by atoms with E-state index >= 15 is 0 Å². The number of unbranched alkanes of at least 4 members (excludes halogenated alkanes) is 6. The van der Waals surface area contributed by atoms with Crippen LogP contribution in [0.15, 0.2) is 91.0 Å². The Morgan fingerprint density at radius 1 is 0.639 bits per heavy atom. The van der Waals surface area contributed by atoms with Crippen LogP contribution in [0.25, 0.3) is 0 Å². The summed E-state index contributed by atoms with van der Waals surface area (Å²) >= 11 is 4.52. The molecule has 36 heavy (non-hydrogen) atoms. The van der Waals surface area contributed by atoms with Gasteiger partial charge in [-0.05, 0) is 0 Å². The van der Waals surface area contributed by atoms with Crippen LogP contribution in [0.1, 0.15) is 57.8 Å². The number of carbonyl (C=O) groups excluding carboxylic acids is 2. The molecule has 0 aliphatic heterocycles. The fraction of sp³-hybridized carbons (Fsp3) is 0.355. The minimum atomic E-state index is -2.81. The SMILES string of the molecule is COC(=O)CC(=O)CCCCCCCCCP(Br)(c1ccccc1)(c1ccccc1)c1ccccc1. The summed E-state index contributed by atoms with van der Waals surface area (Å²) in [5, 5.41) is 1.31. The predicted molar refractivity (Wildman–Crippen MR) is 158 cm³/mol. The van der Waals surface area contributed by atoms with E-state index in [2.05, 4.69) is 111 Å². The monoisotopic (exact) mass is 568 g/mol. The van der Waals surface area contributed by atoms with Crippen molar-refractivity contribution in [3.8, 4) is 0 Å². The van der Waals surface area contributed by atoms with Gasteiger partial charge in [-0.1, -0.05) is 0 Å². The average Bonchev–Trinajstić information content (AvgIpc) is 2.93. The van der Waals surface area contributed by atoms with Crippen molar-refractivity contribution in [1.82, 2.24) is 0 Å². The number of hydrogen-bond acceptors (Lipinski definition) is 3. The van der Waals surface area contributed by atoms with Gasteiger partial charge < -0.3 is 4.74 Å². The molecule has 0 saturated heterocycles. The maximum absolute atomic E-state index is 11.8. The fourth-order valence-corrected chi connectivity index (χ4v) is 12.7. The average molecular weight is 570 g/mol. The number of hydrogen-bond donors (Lipinski definition) is 0. The molecule has 3 rings (SSSR count). The first-order valence-corrected chi connectivity index (χ1v) is 17.4. The Hall–Kier alpha value is -2.29. The summed E-state index contributed by atoms with van der Waals surface area (Å²) in [6.45, 7) is 0. The molecule has 0 aromatic heterocycles. The molecule has 0 saturated carbocycles. The molecule has 0 bridgehead atoms. The number of carbonyl (C=O) groups is 2. The Morgan fingerprint density at radius 3 is 1.44 bits per heavy atom. The molecular weight excluding hydrogens is 531 g/mol. The zero-order chi connectivity index (χ0) is 25.7. The van der Waals surface area contributed by atoms with Crippen LogP contribution in [0.4, 0.5) is 0 Å². The second-order valence-corrected chi connectivity index (χ2v) is 18.5. The summed E-state index contributed by atoms with van der Waals surface area (Å²) in [7, 11) is 1.32. The van der Waals surface area contributed by atoms with Crippen molar-refractivity contribution in [2.24, 2.45) is 0 Å². The molecule has 3 aromatic carbocycles. The van der Waals surface area contributed by atoms with E-state index < -0.39 is 11.3 Å². The van der Waals surface area contributed by atoms with Gasteiger partial charge in [0.15, 0.2) is 0 Å². The van der Waals surface area contributed by atoms with Gasteiger partial charge in [-0.25, -0.2) is 0 Å². The molecule has 3 aromatic rings. The van der Waals surface area contributed by atoms with Crippen LogP contribution in [0.2, 0.25) is 0 Å². The van der Waals surface area contributed by atoms with Gasteiger partial charge >= 0.3 is 208 Å². The van der Waals surface area contributed by atoms with E-state index in [4.69, 9.17) is 0 Å². The molecular formula is C31H38BrO3P. The van der Waals surface area contributed by atoms with Gasteiger partial charge in [0.1, 0.15) is 0 Å². The van der Waals surface area contributed by atoms with Crippen molar-refractivity contribution in [1.29, 1.82) is 0 Å². The Labute approximate surface area is 224 Å². The fourth-order valence-electron chi connectivity index (χ4n) is 4.99. The van der Waals surface area contributed by atoms with E-state index in [1.807, 2.05) is 0 Å². The number of rotatable bonds is 15. The molecule has 0 atom stereocenters. The van der Waals surface area contributed by atoms with Crippen molar-refractivity contribution in [3.63, 3.8) is 0 Å². The van der Waals surface area contributed by atoms with E-state index in [1.165, 1.54) is 42.3 Å². The molecule has 3 nitrogen and oxygen atoms in total. The second-order valence-electron chi connectivity index (χ2n) is 9.43. The molecule has 0 unspecified atom stereocenters. The number of esters is 1. The molecule has 0 radical (unpaired) electrons. The van der Waals surface area contributed by atoms with Crippen molar-refractivity contribution < 1.29 is 14.3 Å². The predicted octanol–water partition coefficient (Wildman–Crippen LogP) is 7.08. The van der Waals surface area contributed by atoms with Crippen molar-refractivity contribution in [3.05, 3.63) is 91.0 Å². The Bertz CT molecular complexity index is 987. The van der Waals surface area contributed by atoms with Crippen molar-refractivity contribution >= 4 is 48.5 Å². The number of ether oxygens (including phenoxy) is 1. The van der Waals surface area contributed by atoms with Gasteiger partial charge in [0, 0.05) is 0 Å². The number of methoxy groups -OCH3 is 1. The van der Waals surface area contributed by atoms with Crippen LogP contribution in [-0.2, 0) is 14.3 Å². The molecule has 0 fully saturated rings. The normalized spacial score (nSPS) is 12.4. The maximum atomic E-state index is 11.8. The molecule has 0 heterocycles. The first kappa shape index (κ1) is 28.3. The standard InChI is InChI=1S/C31H38BrO3P/c1-35-31(34)26-27(33)18-10-5-3-2-4-6-17-25-36(32,28-19-11-7-12-20-28,29-21-13-8-14-22-29)30-23-15-9-16-24-30/h7-9,11-16,19-24H,2-6,10,17-18,25-26H2,1H3. The second kappa shape index (κ2) is 13.9. The molecule has 0 aliphatic rings. The van der Waals surface area contributed by atoms with E-state index in [1.54, 1.807) is 0 Å². The summed E-state index contributed by atoms with van der Waals surface area (Å²) in [5.74, 6) is -0.460. The zero-order valence-electron chi connectivity index (χ0n) is 21.3. The van der Waals surface area contributed by atoms with Crippen molar-refractivity contribution in [2.45, 2.75) is 57.8 Å². The van der Waals surface area contributed by atoms with Gasteiger partial charge in [0.2, 0.25) is 0 Å². The Balaban J connectivity index is 1.63. The first-order chi connectivity index (χ1) is 17.5. The molecule has 5 heteroatoms. The van der Waals surface area contributed by atoms with Crippen LogP contribution in [-0.4, -0.2) is 25.0 Å². The third kappa shape index (κ3) is 6.93. The number of benzene rings is 3. The third-order valence-corrected chi connectivity index (χ3v) is 17.0. The Kier molecular flexibility index (Phi) is 10.9. The van der Waals surface area contributed by atoms with Crippen LogP contribution < -0.4 is 15.9 Å². The van der Waals surface area contributed by atoms with E-state index in [0.717, 1.165) is 31.8 Å². The van der Waals surface area contributed by atoms with Gasteiger partial charge in [-0.3, -0.25) is 4.79 Å². The van der Waals surface area contributed by atoms with Gasteiger partial charge in [0.05, 0.1) is 7.11 Å². The molecule has 192 valence electrons. The van der Waals surface area contributed by atoms with Gasteiger partial charge in [0.25, 0.3) is 0 Å². The summed E-state index contributed by atoms with van der Waals surface area (Å²) in [5.41, 5.74) is 0. The molecule has 0 aliphatic carbocycles. The summed E-state index contributed by atoms with van der Waals surface area (Å²) in [6, 6.07) is 32.9. The van der Waals surface area contributed by atoms with Gasteiger partial charge in [-0.15, -0.1) is 0 Å². The summed E-state index contributed by atoms with van der Waals surface area (Å²) < 4.78 is 4.56. The quantitative estimate of drug-likeness (QED) is 0.0851. The van der Waals surface area contributed by atoms with Crippen LogP contribution in [0.5, 0.6) is 0 Å². The van der Waals surface area contributed by atoms with Crippen LogP contribution in [0, 0.1) is 0 Å². The van der Waals surface area contributed by atoms with Crippen molar-refractivity contribution in [2.75, 3.05) is 13.3 Å². The molecule has 0 amide bonds. The third-order valence-electron chi connectivity index (χ3n) is 6.99. The zero-order valence-corrected chi connectivity index (χ0v) is 23.8. The number of halogens is 1. The van der Waals surface area contributed by atoms with E-state index in [9.17, 15) is 9.59 Å².